The van der Waals surface area contributed by atoms with Crippen molar-refractivity contribution in [1.82, 2.24) is 19.5 Å². The van der Waals surface area contributed by atoms with Gasteiger partial charge >= 0.3 is 0 Å². The molecule has 0 saturated heterocycles. The summed E-state index contributed by atoms with van der Waals surface area (Å²) in [4.78, 5) is 39.0. The number of Topliss-reactive ketones (excluding diaryl/α,β-unsaturated/α-hetero) is 2. The number of aromatic nitrogens is 4. The summed E-state index contributed by atoms with van der Waals surface area (Å²) in [5.41, 5.74) is 5.88. The molecule has 5 rings (SSSR count). The van der Waals surface area contributed by atoms with Gasteiger partial charge in [-0.3, -0.25) is 9.59 Å². The van der Waals surface area contributed by atoms with Gasteiger partial charge in [0.1, 0.15) is 23.4 Å². The number of ketones is 2. The highest BCUT2D eigenvalue weighted by atomic mass is 28.3. The Labute approximate surface area is 206 Å². The van der Waals surface area contributed by atoms with Crippen LogP contribution < -0.4 is 5.19 Å². The molecule has 0 amide bonds. The Kier molecular flexibility index (Phi) is 5.55. The second-order valence-corrected chi connectivity index (χ2v) is 15.8. The van der Waals surface area contributed by atoms with Crippen molar-refractivity contribution in [2.45, 2.75) is 52.9 Å². The van der Waals surface area contributed by atoms with Gasteiger partial charge in [0.2, 0.25) is 0 Å². The predicted molar refractivity (Wildman–Crippen MR) is 140 cm³/mol. The molecular weight excluding hydrogens is 452 g/mol. The lowest BCUT2D eigenvalue weighted by atomic mass is 9.77. The molecular formula is C28H30N4O2Si. The summed E-state index contributed by atoms with van der Waals surface area (Å²) in [5.74, 6) is -0.106. The van der Waals surface area contributed by atoms with Crippen molar-refractivity contribution in [3.05, 3.63) is 71.8 Å². The minimum Gasteiger partial charge on any atom is -0.323 e. The third-order valence-corrected chi connectivity index (χ3v) is 9.37. The van der Waals surface area contributed by atoms with Crippen LogP contribution in [0.15, 0.2) is 55.1 Å². The highest BCUT2D eigenvalue weighted by Crippen LogP contribution is 2.41. The number of hydrogen-bond donors (Lipinski definition) is 0. The second-order valence-electron chi connectivity index (χ2n) is 10.7. The lowest BCUT2D eigenvalue weighted by Crippen LogP contribution is -2.39. The van der Waals surface area contributed by atoms with Crippen molar-refractivity contribution in [3.8, 4) is 11.3 Å². The molecule has 0 N–H and O–H groups in total. The summed E-state index contributed by atoms with van der Waals surface area (Å²) >= 11 is 0. The minimum absolute atomic E-state index is 0.0531. The van der Waals surface area contributed by atoms with Crippen molar-refractivity contribution in [2.75, 3.05) is 0 Å². The van der Waals surface area contributed by atoms with Gasteiger partial charge in [0.05, 0.1) is 25.5 Å². The number of fused-ring (bicyclic) bond motifs is 2. The van der Waals surface area contributed by atoms with Crippen molar-refractivity contribution >= 4 is 36.0 Å². The summed E-state index contributed by atoms with van der Waals surface area (Å²) in [6.07, 6.45) is 4.33. The average Bonchev–Trinajstić information content (AvgIpc) is 3.40. The maximum atomic E-state index is 12.6. The fourth-order valence-corrected chi connectivity index (χ4v) is 6.91. The SMILES string of the molecule is CC(=O)C1(C(C)=O)Cc2cc(-c3ncnc4ncn(Cc5ccccc5)c34)c([Si](C)(C)C)cc2C1. The molecule has 0 unspecified atom stereocenters. The fraction of sp³-hybridized carbons (Fsp3) is 0.321. The van der Waals surface area contributed by atoms with E-state index in [1.807, 2.05) is 24.5 Å². The lowest BCUT2D eigenvalue weighted by Gasteiger charge is -2.23. The van der Waals surface area contributed by atoms with Crippen molar-refractivity contribution in [1.29, 1.82) is 0 Å². The summed E-state index contributed by atoms with van der Waals surface area (Å²) in [7, 11) is -1.82. The molecule has 2 heterocycles. The summed E-state index contributed by atoms with van der Waals surface area (Å²) < 4.78 is 2.11. The monoisotopic (exact) mass is 482 g/mol. The first-order chi connectivity index (χ1) is 16.6. The number of nitrogens with zero attached hydrogens (tertiary/aromatic N) is 4. The van der Waals surface area contributed by atoms with Gasteiger partial charge in [0.25, 0.3) is 0 Å². The summed E-state index contributed by atoms with van der Waals surface area (Å²) in [6, 6.07) is 14.7. The average molecular weight is 483 g/mol. The zero-order valence-electron chi connectivity index (χ0n) is 20.9. The largest absolute Gasteiger partial charge is 0.323 e. The Morgan fingerprint density at radius 2 is 1.60 bits per heavy atom. The van der Waals surface area contributed by atoms with E-state index in [4.69, 9.17) is 4.98 Å². The van der Waals surface area contributed by atoms with Gasteiger partial charge in [-0.15, -0.1) is 0 Å². The van der Waals surface area contributed by atoms with E-state index >= 15 is 0 Å². The van der Waals surface area contributed by atoms with E-state index in [1.165, 1.54) is 10.8 Å². The number of benzene rings is 2. The topological polar surface area (TPSA) is 77.7 Å². The Hall–Kier alpha value is -3.45. The van der Waals surface area contributed by atoms with Crippen LogP contribution in [0.3, 0.4) is 0 Å². The van der Waals surface area contributed by atoms with Crippen LogP contribution in [0.25, 0.3) is 22.4 Å². The molecule has 178 valence electrons. The standard InChI is InChI=1S/C28H30N4O2Si/c1-18(33)28(19(2)34)13-21-11-23(24(35(3,4)5)12-22(21)14-28)25-26-27(30-16-29-25)31-17-32(26)15-20-9-7-6-8-10-20/h6-12,16-17H,13-15H2,1-5H3. The first kappa shape index (κ1) is 23.3. The molecule has 6 nitrogen and oxygen atoms in total. The van der Waals surface area contributed by atoms with E-state index < -0.39 is 13.5 Å². The lowest BCUT2D eigenvalue weighted by molar-refractivity contribution is -0.137. The van der Waals surface area contributed by atoms with Crippen LogP contribution in [-0.4, -0.2) is 39.2 Å². The van der Waals surface area contributed by atoms with Crippen LogP contribution >= 0.6 is 0 Å². The summed E-state index contributed by atoms with van der Waals surface area (Å²) in [5, 5.41) is 1.27. The quantitative estimate of drug-likeness (QED) is 0.302. The number of rotatable bonds is 6. The molecule has 4 aromatic rings. The molecule has 0 bridgehead atoms. The number of carbonyl (C=O) groups is 2. The number of imidazole rings is 1. The van der Waals surface area contributed by atoms with Gasteiger partial charge in [-0.25, -0.2) is 15.0 Å². The van der Waals surface area contributed by atoms with E-state index in [0.29, 0.717) is 25.0 Å². The molecule has 0 fully saturated rings. The van der Waals surface area contributed by atoms with Crippen molar-refractivity contribution in [2.24, 2.45) is 5.41 Å². The first-order valence-electron chi connectivity index (χ1n) is 12.0. The normalized spacial score (nSPS) is 14.8. The summed E-state index contributed by atoms with van der Waals surface area (Å²) in [6.45, 7) is 10.7. The van der Waals surface area contributed by atoms with Crippen LogP contribution in [-0.2, 0) is 29.0 Å². The first-order valence-corrected chi connectivity index (χ1v) is 15.5. The Morgan fingerprint density at radius 1 is 0.943 bits per heavy atom. The molecule has 35 heavy (non-hydrogen) atoms. The third kappa shape index (κ3) is 3.93. The second kappa shape index (κ2) is 8.34. The molecule has 1 aliphatic carbocycles. The minimum atomic E-state index is -1.82. The molecule has 0 atom stereocenters. The fourth-order valence-electron chi connectivity index (χ4n) is 5.30. The van der Waals surface area contributed by atoms with Gasteiger partial charge in [-0.1, -0.05) is 61.2 Å². The van der Waals surface area contributed by atoms with Gasteiger partial charge in [-0.05, 0) is 49.4 Å². The van der Waals surface area contributed by atoms with Gasteiger partial charge in [-0.2, -0.15) is 0 Å². The molecule has 1 aliphatic rings. The van der Waals surface area contributed by atoms with Gasteiger partial charge < -0.3 is 4.57 Å². The zero-order valence-corrected chi connectivity index (χ0v) is 21.9. The van der Waals surface area contributed by atoms with E-state index in [1.54, 1.807) is 20.2 Å². The smallest absolute Gasteiger partial charge is 0.181 e. The highest BCUT2D eigenvalue weighted by molar-refractivity contribution is 6.89. The highest BCUT2D eigenvalue weighted by Gasteiger charge is 2.46. The van der Waals surface area contributed by atoms with Crippen LogP contribution in [0, 0.1) is 5.41 Å². The van der Waals surface area contributed by atoms with Crippen LogP contribution in [0.5, 0.6) is 0 Å². The van der Waals surface area contributed by atoms with Gasteiger partial charge in [0.15, 0.2) is 5.65 Å². The Bertz CT molecular complexity index is 1450. The number of carbonyl (C=O) groups excluding carboxylic acids is 2. The molecule has 0 saturated carbocycles. The zero-order chi connectivity index (χ0) is 25.0. The molecule has 0 spiro atoms. The van der Waals surface area contributed by atoms with E-state index in [9.17, 15) is 9.59 Å². The van der Waals surface area contributed by atoms with E-state index in [0.717, 1.165) is 27.9 Å². The molecule has 2 aromatic carbocycles. The van der Waals surface area contributed by atoms with Crippen molar-refractivity contribution in [3.63, 3.8) is 0 Å². The van der Waals surface area contributed by atoms with Crippen LogP contribution in [0.2, 0.25) is 19.6 Å². The molecule has 0 aliphatic heterocycles. The maximum absolute atomic E-state index is 12.6. The van der Waals surface area contributed by atoms with E-state index in [2.05, 4.69) is 58.4 Å². The maximum Gasteiger partial charge on any atom is 0.181 e. The number of hydrogen-bond acceptors (Lipinski definition) is 5. The third-order valence-electron chi connectivity index (χ3n) is 7.34. The van der Waals surface area contributed by atoms with Crippen LogP contribution in [0.1, 0.15) is 30.5 Å². The van der Waals surface area contributed by atoms with Crippen LogP contribution in [0.4, 0.5) is 0 Å². The molecule has 0 radical (unpaired) electrons. The predicted octanol–water partition coefficient (Wildman–Crippen LogP) is 4.35. The van der Waals surface area contributed by atoms with Crippen molar-refractivity contribution < 1.29 is 9.59 Å². The Morgan fingerprint density at radius 3 is 2.23 bits per heavy atom. The van der Waals surface area contributed by atoms with E-state index in [-0.39, 0.29) is 11.6 Å². The molecule has 2 aromatic heterocycles. The van der Waals surface area contributed by atoms with Gasteiger partial charge in [0, 0.05) is 12.1 Å². The molecule has 7 heteroatoms. The Balaban J connectivity index is 1.71.